The smallest absolute Gasteiger partial charge is 0.251 e. The number of nitro groups is 1. The molecular formula is C20H43ClN6O3. The molecule has 0 radical (unpaired) electrons. The predicted molar refractivity (Wildman–Crippen MR) is 124 cm³/mol. The molecule has 0 aromatic carbocycles. The molecule has 5 N–H and O–H groups in total. The van der Waals surface area contributed by atoms with Crippen LogP contribution in [0.2, 0.25) is 0 Å². The summed E-state index contributed by atoms with van der Waals surface area (Å²) in [7, 11) is 0. The van der Waals surface area contributed by atoms with Gasteiger partial charge in [0, 0.05) is 19.6 Å². The first-order valence-corrected chi connectivity index (χ1v) is 11.2. The van der Waals surface area contributed by atoms with Gasteiger partial charge in [-0.3, -0.25) is 10.2 Å². The van der Waals surface area contributed by atoms with Gasteiger partial charge in [-0.05, 0) is 25.7 Å². The minimum Gasteiger partial charge on any atom is -0.352 e. The van der Waals surface area contributed by atoms with E-state index in [2.05, 4.69) is 19.2 Å². The number of hydrogen-bond donors (Lipinski definition) is 4. The van der Waals surface area contributed by atoms with E-state index in [0.29, 0.717) is 19.4 Å². The van der Waals surface area contributed by atoms with E-state index in [-0.39, 0.29) is 24.3 Å². The molecule has 0 saturated heterocycles. The van der Waals surface area contributed by atoms with Gasteiger partial charge in [-0.15, -0.1) is 12.4 Å². The minimum absolute atomic E-state index is 0. The maximum atomic E-state index is 12.8. The predicted octanol–water partition coefficient (Wildman–Crippen LogP) is 3.59. The lowest BCUT2D eigenvalue weighted by Gasteiger charge is -2.26. The Labute approximate surface area is 187 Å². The highest BCUT2D eigenvalue weighted by Crippen LogP contribution is 2.09. The van der Waals surface area contributed by atoms with Crippen molar-refractivity contribution in [3.05, 3.63) is 10.1 Å². The van der Waals surface area contributed by atoms with E-state index >= 15 is 0 Å². The van der Waals surface area contributed by atoms with Crippen LogP contribution in [-0.2, 0) is 4.79 Å². The second-order valence-corrected chi connectivity index (χ2v) is 7.57. The summed E-state index contributed by atoms with van der Waals surface area (Å²) in [4.78, 5) is 25.0. The average molecular weight is 451 g/mol. The zero-order valence-corrected chi connectivity index (χ0v) is 19.6. The van der Waals surface area contributed by atoms with Gasteiger partial charge in [0.1, 0.15) is 0 Å². The van der Waals surface area contributed by atoms with Crippen molar-refractivity contribution in [1.82, 2.24) is 15.6 Å². The molecule has 0 aromatic heterocycles. The molecule has 0 heterocycles. The number of unbranched alkanes of at least 4 members (excludes halogenated alkanes) is 8. The molecule has 9 nitrogen and oxygen atoms in total. The molecule has 0 aliphatic carbocycles. The van der Waals surface area contributed by atoms with E-state index in [1.807, 2.05) is 4.90 Å². The number of halogens is 1. The summed E-state index contributed by atoms with van der Waals surface area (Å²) in [5.74, 6) is -0.370. The zero-order chi connectivity index (χ0) is 21.9. The summed E-state index contributed by atoms with van der Waals surface area (Å²) in [6.45, 7) is 6.26. The van der Waals surface area contributed by atoms with Gasteiger partial charge in [0.05, 0.1) is 6.04 Å². The zero-order valence-electron chi connectivity index (χ0n) is 18.8. The van der Waals surface area contributed by atoms with Crippen LogP contribution in [-0.4, -0.2) is 47.5 Å². The quantitative estimate of drug-likeness (QED) is 0.0827. The fraction of sp³-hybridized carbons (Fsp3) is 0.900. The summed E-state index contributed by atoms with van der Waals surface area (Å²) >= 11 is 0. The van der Waals surface area contributed by atoms with Gasteiger partial charge in [-0.25, -0.2) is 10.1 Å². The molecule has 10 heteroatoms. The van der Waals surface area contributed by atoms with E-state index in [1.165, 1.54) is 38.5 Å². The van der Waals surface area contributed by atoms with Crippen LogP contribution in [0.3, 0.4) is 0 Å². The van der Waals surface area contributed by atoms with Gasteiger partial charge in [0.25, 0.3) is 5.96 Å². The number of hydrogen-bond acceptors (Lipinski definition) is 5. The van der Waals surface area contributed by atoms with Crippen LogP contribution in [0.15, 0.2) is 0 Å². The van der Waals surface area contributed by atoms with E-state index in [4.69, 9.17) is 11.1 Å². The third-order valence-electron chi connectivity index (χ3n) is 4.89. The lowest BCUT2D eigenvalue weighted by Crippen LogP contribution is -2.45. The maximum Gasteiger partial charge on any atom is 0.251 e. The lowest BCUT2D eigenvalue weighted by molar-refractivity contribution is -0.525. The molecule has 0 unspecified atom stereocenters. The summed E-state index contributed by atoms with van der Waals surface area (Å²) in [6, 6.07) is -0.569. The Hall–Kier alpha value is -1.61. The summed E-state index contributed by atoms with van der Waals surface area (Å²) < 4.78 is 0. The largest absolute Gasteiger partial charge is 0.352 e. The standard InChI is InChI=1S/C20H42N6O3.ClH/c1-3-5-7-9-11-16-25(17-12-10-8-6-4-2)19(27)18(21)14-13-15-23-20(22)24-26(28)29;/h18H,3-17,21H2,1-2H3,(H3,22,23,24);1H/t18-;/m0./s1. The van der Waals surface area contributed by atoms with Crippen molar-refractivity contribution in [2.75, 3.05) is 19.6 Å². The second kappa shape index (κ2) is 20.7. The van der Waals surface area contributed by atoms with Crippen LogP contribution in [0.5, 0.6) is 0 Å². The van der Waals surface area contributed by atoms with Crippen LogP contribution < -0.4 is 16.5 Å². The highest BCUT2D eigenvalue weighted by molar-refractivity contribution is 5.85. The third-order valence-corrected chi connectivity index (χ3v) is 4.89. The van der Waals surface area contributed by atoms with Crippen LogP contribution in [0, 0.1) is 15.5 Å². The van der Waals surface area contributed by atoms with Crippen molar-refractivity contribution in [3.8, 4) is 0 Å². The fourth-order valence-electron chi connectivity index (χ4n) is 3.17. The molecule has 30 heavy (non-hydrogen) atoms. The first kappa shape index (κ1) is 30.6. The normalized spacial score (nSPS) is 11.3. The second-order valence-electron chi connectivity index (χ2n) is 7.57. The Morgan fingerprint density at radius 2 is 1.50 bits per heavy atom. The first-order valence-electron chi connectivity index (χ1n) is 11.2. The van der Waals surface area contributed by atoms with Gasteiger partial charge in [-0.2, -0.15) is 0 Å². The monoisotopic (exact) mass is 450 g/mol. The Kier molecular flexibility index (Phi) is 21.1. The number of rotatable bonds is 18. The number of amides is 1. The number of carbonyl (C=O) groups is 1. The number of carbonyl (C=O) groups excluding carboxylic acids is 1. The van der Waals surface area contributed by atoms with Crippen LogP contribution in [0.4, 0.5) is 0 Å². The van der Waals surface area contributed by atoms with Crippen molar-refractivity contribution in [3.63, 3.8) is 0 Å². The molecular weight excluding hydrogens is 408 g/mol. The van der Waals surface area contributed by atoms with Crippen molar-refractivity contribution in [2.24, 2.45) is 5.73 Å². The third kappa shape index (κ3) is 17.3. The molecule has 0 aromatic rings. The van der Waals surface area contributed by atoms with Crippen molar-refractivity contribution in [2.45, 2.75) is 96.9 Å². The molecule has 0 rings (SSSR count). The van der Waals surface area contributed by atoms with Crippen LogP contribution in [0.25, 0.3) is 0 Å². The number of nitrogens with zero attached hydrogens (tertiary/aromatic N) is 2. The molecule has 0 fully saturated rings. The molecule has 0 spiro atoms. The average Bonchev–Trinajstić information content (AvgIpc) is 2.68. The molecule has 178 valence electrons. The summed E-state index contributed by atoms with van der Waals surface area (Å²) in [5.41, 5.74) is 7.86. The first-order chi connectivity index (χ1) is 13.9. The van der Waals surface area contributed by atoms with E-state index in [1.54, 1.807) is 5.43 Å². The SMILES string of the molecule is CCCCCCCN(CCCCCCC)C(=O)[C@@H](N)CCCNC(=N)N[N+](=O)[O-].Cl. The lowest BCUT2D eigenvalue weighted by atomic mass is 10.1. The van der Waals surface area contributed by atoms with E-state index in [9.17, 15) is 14.9 Å². The topological polar surface area (TPSA) is 137 Å². The Morgan fingerprint density at radius 3 is 1.97 bits per heavy atom. The van der Waals surface area contributed by atoms with Gasteiger partial charge in [0.2, 0.25) is 5.91 Å². The molecule has 1 atom stereocenters. The van der Waals surface area contributed by atoms with E-state index < -0.39 is 11.1 Å². The number of guanidine groups is 1. The minimum atomic E-state index is -0.788. The Morgan fingerprint density at radius 1 is 1.00 bits per heavy atom. The van der Waals surface area contributed by atoms with Crippen LogP contribution >= 0.6 is 12.4 Å². The Balaban J connectivity index is 0. The maximum absolute atomic E-state index is 12.8. The van der Waals surface area contributed by atoms with Crippen molar-refractivity contribution >= 4 is 24.3 Å². The van der Waals surface area contributed by atoms with Gasteiger partial charge in [0.15, 0.2) is 5.03 Å². The van der Waals surface area contributed by atoms with E-state index in [0.717, 1.165) is 38.8 Å². The molecule has 0 aliphatic heterocycles. The number of nitrogens with two attached hydrogens (primary N) is 1. The molecule has 0 bridgehead atoms. The Bertz CT molecular complexity index is 454. The number of nitrogens with one attached hydrogen (secondary N) is 3. The molecule has 0 aliphatic rings. The van der Waals surface area contributed by atoms with Gasteiger partial charge >= 0.3 is 0 Å². The van der Waals surface area contributed by atoms with Gasteiger partial charge < -0.3 is 16.0 Å². The summed E-state index contributed by atoms with van der Waals surface area (Å²) in [6.07, 6.45) is 12.6. The summed E-state index contributed by atoms with van der Waals surface area (Å²) in [5, 5.41) is 19.4. The van der Waals surface area contributed by atoms with Gasteiger partial charge in [-0.1, -0.05) is 70.6 Å². The molecule has 1 amide bonds. The van der Waals surface area contributed by atoms with Crippen LogP contribution in [0.1, 0.15) is 90.9 Å². The highest BCUT2D eigenvalue weighted by atomic mass is 35.5. The molecule has 0 saturated carbocycles. The van der Waals surface area contributed by atoms with Crippen molar-refractivity contribution < 1.29 is 9.83 Å². The fourth-order valence-corrected chi connectivity index (χ4v) is 3.17. The number of hydrazine groups is 1. The highest BCUT2D eigenvalue weighted by Gasteiger charge is 2.20. The van der Waals surface area contributed by atoms with Crippen molar-refractivity contribution in [1.29, 1.82) is 5.41 Å².